The molecule has 41 heavy (non-hydrogen) atoms. The molecule has 2 aliphatic rings. The molecule has 1 heterocycles. The van der Waals surface area contributed by atoms with Gasteiger partial charge in [-0.25, -0.2) is 0 Å². The maximum atomic E-state index is 14.0. The van der Waals surface area contributed by atoms with Crippen molar-refractivity contribution in [1.29, 1.82) is 5.26 Å². The van der Waals surface area contributed by atoms with E-state index in [-0.39, 0.29) is 11.2 Å². The molecule has 1 unspecified atom stereocenters. The van der Waals surface area contributed by atoms with Gasteiger partial charge < -0.3 is 10.5 Å². The lowest BCUT2D eigenvalue weighted by molar-refractivity contribution is -0.118. The predicted octanol–water partition coefficient (Wildman–Crippen LogP) is 8.44. The summed E-state index contributed by atoms with van der Waals surface area (Å²) >= 11 is 12.5. The molecule has 5 nitrogen and oxygen atoms in total. The average Bonchev–Trinajstić information content (AvgIpc) is 2.90. The van der Waals surface area contributed by atoms with Crippen molar-refractivity contribution in [2.24, 2.45) is 11.1 Å². The fraction of sp³-hybridized carbons (Fsp3) is 0.294. The molecular weight excluding hydrogens is 553 g/mol. The third-order valence-corrected chi connectivity index (χ3v) is 8.70. The van der Waals surface area contributed by atoms with Crippen LogP contribution in [0.5, 0.6) is 5.75 Å². The van der Waals surface area contributed by atoms with Crippen LogP contribution < -0.4 is 15.4 Å². The molecule has 0 amide bonds. The minimum atomic E-state index is -0.578. The van der Waals surface area contributed by atoms with Crippen LogP contribution in [0.3, 0.4) is 0 Å². The Morgan fingerprint density at radius 3 is 2.37 bits per heavy atom. The molecule has 0 aromatic heterocycles. The van der Waals surface area contributed by atoms with Crippen molar-refractivity contribution in [2.45, 2.75) is 60.0 Å². The number of ether oxygens (including phenoxy) is 1. The number of rotatable bonds is 5. The number of benzene rings is 3. The second-order valence-corrected chi connectivity index (χ2v) is 12.6. The van der Waals surface area contributed by atoms with Crippen LogP contribution in [0, 0.1) is 37.5 Å². The second kappa shape index (κ2) is 10.9. The number of nitrogens with two attached hydrogens (primary N) is 1. The molecule has 0 bridgehead atoms. The molecule has 1 aliphatic carbocycles. The highest BCUT2D eigenvalue weighted by atomic mass is 35.5. The number of hydrogen-bond donors (Lipinski definition) is 1. The van der Waals surface area contributed by atoms with E-state index in [1.54, 1.807) is 12.1 Å². The van der Waals surface area contributed by atoms with Crippen molar-refractivity contribution in [3.8, 4) is 11.8 Å². The van der Waals surface area contributed by atoms with Crippen molar-refractivity contribution < 1.29 is 9.53 Å². The van der Waals surface area contributed by atoms with Gasteiger partial charge in [0.1, 0.15) is 18.2 Å². The largest absolute Gasteiger partial charge is 0.489 e. The van der Waals surface area contributed by atoms with Crippen molar-refractivity contribution >= 4 is 34.7 Å². The molecule has 3 aromatic rings. The smallest absolute Gasteiger partial charge is 0.162 e. The van der Waals surface area contributed by atoms with Crippen LogP contribution in [0.25, 0.3) is 0 Å². The molecule has 3 aromatic carbocycles. The summed E-state index contributed by atoms with van der Waals surface area (Å²) in [4.78, 5) is 15.8. The lowest BCUT2D eigenvalue weighted by Crippen LogP contribution is -2.42. The fourth-order valence-electron chi connectivity index (χ4n) is 5.91. The Morgan fingerprint density at radius 1 is 1.00 bits per heavy atom. The first-order valence-electron chi connectivity index (χ1n) is 13.6. The van der Waals surface area contributed by atoms with Crippen LogP contribution in [0.1, 0.15) is 60.4 Å². The average molecular weight is 587 g/mol. The van der Waals surface area contributed by atoms with E-state index in [9.17, 15) is 10.1 Å². The first-order chi connectivity index (χ1) is 19.4. The van der Waals surface area contributed by atoms with Gasteiger partial charge in [0.2, 0.25) is 0 Å². The fourth-order valence-corrected chi connectivity index (χ4v) is 6.21. The summed E-state index contributed by atoms with van der Waals surface area (Å²) in [6, 6.07) is 19.5. The van der Waals surface area contributed by atoms with Gasteiger partial charge in [-0.05, 0) is 96.8 Å². The predicted molar refractivity (Wildman–Crippen MR) is 165 cm³/mol. The van der Waals surface area contributed by atoms with E-state index in [2.05, 4.69) is 32.0 Å². The normalized spacial score (nSPS) is 18.3. The molecule has 0 spiro atoms. The molecule has 5 rings (SSSR count). The Bertz CT molecular complexity index is 1660. The van der Waals surface area contributed by atoms with E-state index in [0.717, 1.165) is 39.2 Å². The zero-order chi connectivity index (χ0) is 29.6. The molecule has 1 atom stereocenters. The van der Waals surface area contributed by atoms with Crippen molar-refractivity contribution in [3.05, 3.63) is 115 Å². The van der Waals surface area contributed by atoms with Gasteiger partial charge >= 0.3 is 0 Å². The number of aryl methyl sites for hydroxylation is 3. The van der Waals surface area contributed by atoms with Gasteiger partial charge in [-0.1, -0.05) is 55.2 Å². The molecule has 0 radical (unpaired) electrons. The standard InChI is InChI=1S/C34H33Cl2N3O2/c1-19-6-9-24(14-28(19)36)39-29-15-34(4,5)16-30(40)32(29)31(27(17-37)33(39)38)26-13-22(20(2)12-21(26)3)18-41-25-10-7-23(35)8-11-25/h6-14,31H,15-16,18,38H2,1-5H3. The van der Waals surface area contributed by atoms with Gasteiger partial charge in [0.05, 0.1) is 17.6 Å². The Labute approximate surface area is 251 Å². The van der Waals surface area contributed by atoms with Crippen LogP contribution in [-0.2, 0) is 11.4 Å². The third-order valence-electron chi connectivity index (χ3n) is 8.04. The topological polar surface area (TPSA) is 79.3 Å². The second-order valence-electron chi connectivity index (χ2n) is 11.8. The van der Waals surface area contributed by atoms with E-state index >= 15 is 0 Å². The lowest BCUT2D eigenvalue weighted by Gasteiger charge is -2.44. The number of hydrogen-bond acceptors (Lipinski definition) is 5. The number of anilines is 1. The van der Waals surface area contributed by atoms with Gasteiger partial charge in [0.25, 0.3) is 0 Å². The molecule has 0 saturated carbocycles. The van der Waals surface area contributed by atoms with Crippen LogP contribution >= 0.6 is 23.2 Å². The summed E-state index contributed by atoms with van der Waals surface area (Å²) in [5, 5.41) is 11.8. The highest BCUT2D eigenvalue weighted by molar-refractivity contribution is 6.31. The molecule has 7 heteroatoms. The van der Waals surface area contributed by atoms with Gasteiger partial charge in [-0.15, -0.1) is 0 Å². The van der Waals surface area contributed by atoms with Crippen LogP contribution in [0.15, 0.2) is 77.3 Å². The van der Waals surface area contributed by atoms with Crippen molar-refractivity contribution in [1.82, 2.24) is 0 Å². The highest BCUT2D eigenvalue weighted by Gasteiger charge is 2.45. The zero-order valence-electron chi connectivity index (χ0n) is 23.9. The van der Waals surface area contributed by atoms with Crippen molar-refractivity contribution in [2.75, 3.05) is 4.90 Å². The highest BCUT2D eigenvalue weighted by Crippen LogP contribution is 2.51. The SMILES string of the molecule is Cc1ccc(N2C(N)=C(C#N)C(c3cc(COc4ccc(Cl)cc4)c(C)cc3C)C3=C2CC(C)(C)CC3=O)cc1Cl. The minimum Gasteiger partial charge on any atom is -0.489 e. The number of halogens is 2. The molecule has 1 aliphatic heterocycles. The number of carbonyl (C=O) groups is 1. The summed E-state index contributed by atoms with van der Waals surface area (Å²) in [7, 11) is 0. The summed E-state index contributed by atoms with van der Waals surface area (Å²) in [6.45, 7) is 10.5. The number of carbonyl (C=O) groups excluding carboxylic acids is 1. The number of ketones is 1. The van der Waals surface area contributed by atoms with Crippen molar-refractivity contribution in [3.63, 3.8) is 0 Å². The maximum absolute atomic E-state index is 14.0. The number of nitriles is 1. The molecular formula is C34H33Cl2N3O2. The Hall–Kier alpha value is -3.72. The number of nitrogens with zero attached hydrogens (tertiary/aromatic N) is 2. The van der Waals surface area contributed by atoms with Gasteiger partial charge in [-0.3, -0.25) is 9.69 Å². The van der Waals surface area contributed by atoms with E-state index in [0.29, 0.717) is 52.2 Å². The zero-order valence-corrected chi connectivity index (χ0v) is 25.5. The quantitative estimate of drug-likeness (QED) is 0.325. The third kappa shape index (κ3) is 5.47. The Balaban J connectivity index is 1.66. The maximum Gasteiger partial charge on any atom is 0.162 e. The van der Waals surface area contributed by atoms with Crippen LogP contribution in [-0.4, -0.2) is 5.78 Å². The molecule has 0 fully saturated rings. The summed E-state index contributed by atoms with van der Waals surface area (Å²) in [6.07, 6.45) is 1.02. The Morgan fingerprint density at radius 2 is 1.71 bits per heavy atom. The minimum absolute atomic E-state index is 0.0312. The van der Waals surface area contributed by atoms with E-state index in [4.69, 9.17) is 33.7 Å². The van der Waals surface area contributed by atoms with Gasteiger partial charge in [0.15, 0.2) is 5.78 Å². The molecule has 0 saturated heterocycles. The first-order valence-corrected chi connectivity index (χ1v) is 14.4. The Kier molecular flexibility index (Phi) is 7.68. The van der Waals surface area contributed by atoms with E-state index in [1.807, 2.05) is 56.0 Å². The monoisotopic (exact) mass is 585 g/mol. The van der Waals surface area contributed by atoms with E-state index < -0.39 is 5.92 Å². The van der Waals surface area contributed by atoms with Crippen LogP contribution in [0.4, 0.5) is 5.69 Å². The first kappa shape index (κ1) is 28.8. The van der Waals surface area contributed by atoms with Gasteiger partial charge in [0, 0.05) is 33.4 Å². The van der Waals surface area contributed by atoms with Gasteiger partial charge in [-0.2, -0.15) is 5.26 Å². The lowest BCUT2D eigenvalue weighted by atomic mass is 9.68. The molecule has 210 valence electrons. The van der Waals surface area contributed by atoms with Crippen LogP contribution in [0.2, 0.25) is 10.0 Å². The summed E-state index contributed by atoms with van der Waals surface area (Å²) in [5.74, 6) is 0.479. The summed E-state index contributed by atoms with van der Waals surface area (Å²) in [5.41, 5.74) is 14.0. The number of Topliss-reactive ketones (excluding diaryl/α,β-unsaturated/α-hetero) is 1. The number of allylic oxidation sites excluding steroid dienone is 3. The summed E-state index contributed by atoms with van der Waals surface area (Å²) < 4.78 is 6.08. The molecule has 2 N–H and O–H groups in total. The van der Waals surface area contributed by atoms with E-state index in [1.165, 1.54) is 0 Å².